The number of likely N-dealkylation sites (tertiary alicyclic amines) is 1. The maximum Gasteiger partial charge on any atom is 0.0460 e. The Kier molecular flexibility index (Phi) is 5.46. The Labute approximate surface area is 74.5 Å². The zero-order valence-electron chi connectivity index (χ0n) is 6.45. The van der Waals surface area contributed by atoms with E-state index in [0.717, 1.165) is 13.1 Å². The largest absolute Gasteiger partial charge is 0.396 e. The van der Waals surface area contributed by atoms with Crippen molar-refractivity contribution in [1.82, 2.24) is 4.90 Å². The fourth-order valence-corrected chi connectivity index (χ4v) is 1.24. The Balaban J connectivity index is 0.000000810. The topological polar surface area (TPSA) is 23.5 Å². The van der Waals surface area contributed by atoms with Gasteiger partial charge in [-0.05, 0) is 38.9 Å². The summed E-state index contributed by atoms with van der Waals surface area (Å²) in [7, 11) is 2.13. The Morgan fingerprint density at radius 2 is 1.90 bits per heavy atom. The van der Waals surface area contributed by atoms with Crippen molar-refractivity contribution in [2.24, 2.45) is 5.92 Å². The molecule has 0 atom stereocenters. The molecule has 0 saturated carbocycles. The van der Waals surface area contributed by atoms with E-state index in [1.165, 1.54) is 12.8 Å². The molecule has 0 aliphatic carbocycles. The van der Waals surface area contributed by atoms with E-state index in [1.807, 2.05) is 0 Å². The summed E-state index contributed by atoms with van der Waals surface area (Å²) in [4.78, 5) is 2.31. The van der Waals surface area contributed by atoms with Crippen LogP contribution in [0.2, 0.25) is 0 Å². The van der Waals surface area contributed by atoms with Gasteiger partial charge in [0, 0.05) is 25.2 Å². The van der Waals surface area contributed by atoms with Crippen LogP contribution in [0.5, 0.6) is 0 Å². The van der Waals surface area contributed by atoms with E-state index in [4.69, 9.17) is 5.11 Å². The van der Waals surface area contributed by atoms with E-state index < -0.39 is 0 Å². The predicted molar refractivity (Wildman–Crippen MR) is 37.3 cm³/mol. The van der Waals surface area contributed by atoms with E-state index in [-0.39, 0.29) is 18.6 Å². The van der Waals surface area contributed by atoms with Crippen LogP contribution in [0.1, 0.15) is 12.8 Å². The van der Waals surface area contributed by atoms with E-state index in [2.05, 4.69) is 11.9 Å². The third-order valence-electron chi connectivity index (χ3n) is 2.10. The van der Waals surface area contributed by atoms with Crippen molar-refractivity contribution in [1.29, 1.82) is 0 Å². The molecule has 1 N–H and O–H groups in total. The number of nitrogens with zero attached hydrogens (tertiary/aromatic N) is 1. The quantitative estimate of drug-likeness (QED) is 0.628. The minimum absolute atomic E-state index is 0. The van der Waals surface area contributed by atoms with E-state index >= 15 is 0 Å². The second-order valence-electron chi connectivity index (χ2n) is 2.93. The molecule has 59 valence electrons. The summed E-state index contributed by atoms with van der Waals surface area (Å²) in [6.07, 6.45) is 2.35. The number of aliphatic hydroxyl groups is 1. The van der Waals surface area contributed by atoms with Crippen LogP contribution in [0.25, 0.3) is 0 Å². The smallest absolute Gasteiger partial charge is 0.0460 e. The molecule has 1 aliphatic rings. The van der Waals surface area contributed by atoms with Gasteiger partial charge >= 0.3 is 0 Å². The van der Waals surface area contributed by atoms with Gasteiger partial charge in [0.25, 0.3) is 0 Å². The zero-order chi connectivity index (χ0) is 6.69. The molecule has 0 aromatic carbocycles. The summed E-state index contributed by atoms with van der Waals surface area (Å²) in [6.45, 7) is 2.70. The first kappa shape index (κ1) is 10.5. The third kappa shape index (κ3) is 3.06. The molecular weight excluding hydrogens is 165 g/mol. The number of rotatable bonds is 1. The van der Waals surface area contributed by atoms with Gasteiger partial charge in [0.05, 0.1) is 0 Å². The Morgan fingerprint density at radius 1 is 1.40 bits per heavy atom. The van der Waals surface area contributed by atoms with Gasteiger partial charge in [0.1, 0.15) is 0 Å². The van der Waals surface area contributed by atoms with Gasteiger partial charge in [-0.25, -0.2) is 0 Å². The van der Waals surface area contributed by atoms with Gasteiger partial charge in [-0.1, -0.05) is 0 Å². The molecule has 3 heteroatoms. The van der Waals surface area contributed by atoms with Crippen LogP contribution < -0.4 is 0 Å². The first-order valence-electron chi connectivity index (χ1n) is 3.62. The maximum absolute atomic E-state index is 8.76. The molecule has 1 fully saturated rings. The first-order chi connectivity index (χ1) is 4.33. The van der Waals surface area contributed by atoms with Gasteiger partial charge in [-0.2, -0.15) is 0 Å². The number of hydrogen-bond acceptors (Lipinski definition) is 2. The minimum atomic E-state index is 0. The van der Waals surface area contributed by atoms with Gasteiger partial charge in [0.15, 0.2) is 0 Å². The molecule has 0 amide bonds. The van der Waals surface area contributed by atoms with Crippen molar-refractivity contribution >= 4 is 0 Å². The minimum Gasteiger partial charge on any atom is -0.396 e. The Bertz CT molecular complexity index is 81.7. The number of hydrogen-bond donors (Lipinski definition) is 1. The molecule has 1 heterocycles. The zero-order valence-corrected chi connectivity index (χ0v) is 7.85. The molecule has 1 saturated heterocycles. The van der Waals surface area contributed by atoms with Gasteiger partial charge in [-0.15, -0.1) is 0 Å². The summed E-state index contributed by atoms with van der Waals surface area (Å²) in [6, 6.07) is 0. The van der Waals surface area contributed by atoms with Crippen molar-refractivity contribution in [3.05, 3.63) is 0 Å². The van der Waals surface area contributed by atoms with Crippen molar-refractivity contribution in [2.45, 2.75) is 12.8 Å². The Hall–Kier alpha value is 0.504. The summed E-state index contributed by atoms with van der Waals surface area (Å²) < 4.78 is 0. The molecular formula is C7H15NOV. The normalized spacial score (nSPS) is 22.2. The maximum atomic E-state index is 8.76. The molecule has 0 aromatic rings. The number of aliphatic hydroxyl groups excluding tert-OH is 1. The van der Waals surface area contributed by atoms with E-state index in [0.29, 0.717) is 12.5 Å². The molecule has 1 aliphatic heterocycles. The summed E-state index contributed by atoms with van der Waals surface area (Å²) >= 11 is 0. The van der Waals surface area contributed by atoms with Crippen molar-refractivity contribution in [2.75, 3.05) is 26.7 Å². The average Bonchev–Trinajstić information content (AvgIpc) is 1.90. The van der Waals surface area contributed by atoms with Crippen LogP contribution >= 0.6 is 0 Å². The number of piperidine rings is 1. The van der Waals surface area contributed by atoms with Crippen LogP contribution in [0, 0.1) is 5.92 Å². The van der Waals surface area contributed by atoms with Crippen molar-refractivity contribution in [3.63, 3.8) is 0 Å². The van der Waals surface area contributed by atoms with E-state index in [9.17, 15) is 0 Å². The molecule has 0 aromatic heterocycles. The molecule has 2 nitrogen and oxygen atoms in total. The second kappa shape index (κ2) is 5.19. The van der Waals surface area contributed by atoms with E-state index in [1.54, 1.807) is 0 Å². The standard InChI is InChI=1S/C7H15NO.V/c1-8-4-2-7(6-9)3-5-8;/h7,9H,2-6H2,1H3;. The molecule has 10 heavy (non-hydrogen) atoms. The predicted octanol–water partition coefficient (Wildman–Crippen LogP) is 0.318. The average molecular weight is 180 g/mol. The summed E-state index contributed by atoms with van der Waals surface area (Å²) in [5, 5.41) is 8.76. The van der Waals surface area contributed by atoms with Crippen LogP contribution in [0.4, 0.5) is 0 Å². The fraction of sp³-hybridized carbons (Fsp3) is 1.00. The monoisotopic (exact) mass is 180 g/mol. The van der Waals surface area contributed by atoms with Crippen molar-refractivity contribution in [3.8, 4) is 0 Å². The molecule has 1 radical (unpaired) electrons. The first-order valence-corrected chi connectivity index (χ1v) is 3.62. The van der Waals surface area contributed by atoms with Crippen LogP contribution in [0.3, 0.4) is 0 Å². The van der Waals surface area contributed by atoms with Crippen LogP contribution in [-0.4, -0.2) is 36.8 Å². The van der Waals surface area contributed by atoms with Crippen LogP contribution in [-0.2, 0) is 18.6 Å². The second-order valence-corrected chi connectivity index (χ2v) is 2.93. The fourth-order valence-electron chi connectivity index (χ4n) is 1.24. The summed E-state index contributed by atoms with van der Waals surface area (Å²) in [5.41, 5.74) is 0. The molecule has 0 bridgehead atoms. The third-order valence-corrected chi connectivity index (χ3v) is 2.10. The molecule has 1 rings (SSSR count). The molecule has 0 unspecified atom stereocenters. The Morgan fingerprint density at radius 3 is 2.30 bits per heavy atom. The van der Waals surface area contributed by atoms with Crippen LogP contribution in [0.15, 0.2) is 0 Å². The SMILES string of the molecule is CN1CCC(CO)CC1.[V]. The van der Waals surface area contributed by atoms with Crippen molar-refractivity contribution < 1.29 is 23.7 Å². The summed E-state index contributed by atoms with van der Waals surface area (Å²) in [5.74, 6) is 0.584. The molecule has 0 spiro atoms. The van der Waals surface area contributed by atoms with Gasteiger partial charge < -0.3 is 10.0 Å². The van der Waals surface area contributed by atoms with Gasteiger partial charge in [0.2, 0.25) is 0 Å². The van der Waals surface area contributed by atoms with Gasteiger partial charge in [-0.3, -0.25) is 0 Å².